The summed E-state index contributed by atoms with van der Waals surface area (Å²) in [6.07, 6.45) is 0. The number of sulfonamides is 1. The number of hydrogen-bond acceptors (Lipinski definition) is 5. The lowest BCUT2D eigenvalue weighted by atomic mass is 10.2. The predicted molar refractivity (Wildman–Crippen MR) is 76.6 cm³/mol. The van der Waals surface area contributed by atoms with Crippen molar-refractivity contribution in [1.29, 1.82) is 0 Å². The van der Waals surface area contributed by atoms with Crippen LogP contribution in [0.15, 0.2) is 23.1 Å². The molecular formula is C13H20N2O4S. The van der Waals surface area contributed by atoms with Crippen LogP contribution >= 0.6 is 0 Å². The number of nitrogen functional groups attached to an aromatic ring is 1. The van der Waals surface area contributed by atoms with Gasteiger partial charge in [0.05, 0.1) is 17.9 Å². The predicted octanol–water partition coefficient (Wildman–Crippen LogP) is 1.01. The lowest BCUT2D eigenvalue weighted by Crippen LogP contribution is -2.34. The molecule has 1 aromatic carbocycles. The second-order valence-electron chi connectivity index (χ2n) is 4.73. The monoisotopic (exact) mass is 300 g/mol. The summed E-state index contributed by atoms with van der Waals surface area (Å²) in [7, 11) is -0.940. The number of nitrogens with zero attached hydrogens (tertiary/aromatic N) is 1. The highest BCUT2D eigenvalue weighted by Gasteiger charge is 2.25. The van der Waals surface area contributed by atoms with E-state index in [1.54, 1.807) is 19.9 Å². The van der Waals surface area contributed by atoms with E-state index in [0.29, 0.717) is 11.3 Å². The van der Waals surface area contributed by atoms with E-state index >= 15 is 0 Å². The van der Waals surface area contributed by atoms with E-state index in [1.165, 1.54) is 26.3 Å². The van der Waals surface area contributed by atoms with Crippen LogP contribution in [0.1, 0.15) is 12.5 Å². The first-order chi connectivity index (χ1) is 9.20. The van der Waals surface area contributed by atoms with Crippen molar-refractivity contribution in [2.45, 2.75) is 18.7 Å². The first-order valence-electron chi connectivity index (χ1n) is 6.10. The maximum absolute atomic E-state index is 12.4. The number of methoxy groups -OCH3 is 1. The minimum absolute atomic E-state index is 0.0540. The fourth-order valence-corrected chi connectivity index (χ4v) is 3.09. The second-order valence-corrected chi connectivity index (χ2v) is 6.77. The normalized spacial score (nSPS) is 13.2. The number of carbonyl (C=O) groups excluding carboxylic acids is 1. The van der Waals surface area contributed by atoms with Crippen LogP contribution in [-0.4, -0.2) is 39.4 Å². The van der Waals surface area contributed by atoms with Gasteiger partial charge in [-0.05, 0) is 30.7 Å². The molecule has 1 atom stereocenters. The van der Waals surface area contributed by atoms with E-state index in [4.69, 9.17) is 5.73 Å². The highest BCUT2D eigenvalue weighted by Crippen LogP contribution is 2.20. The van der Waals surface area contributed by atoms with E-state index < -0.39 is 21.9 Å². The minimum atomic E-state index is -3.65. The molecular weight excluding hydrogens is 280 g/mol. The van der Waals surface area contributed by atoms with Gasteiger partial charge in [-0.15, -0.1) is 0 Å². The van der Waals surface area contributed by atoms with Gasteiger partial charge in [-0.2, -0.15) is 0 Å². The lowest BCUT2D eigenvalue weighted by Gasteiger charge is -2.20. The molecule has 0 radical (unpaired) electrons. The maximum atomic E-state index is 12.4. The molecule has 0 aliphatic carbocycles. The number of ether oxygens (including phenoxy) is 1. The first kappa shape index (κ1) is 16.5. The quantitative estimate of drug-likeness (QED) is 0.647. The van der Waals surface area contributed by atoms with E-state index in [-0.39, 0.29) is 11.4 Å². The van der Waals surface area contributed by atoms with Crippen LogP contribution < -0.4 is 5.73 Å². The molecule has 6 nitrogen and oxygen atoms in total. The van der Waals surface area contributed by atoms with Gasteiger partial charge >= 0.3 is 5.97 Å². The van der Waals surface area contributed by atoms with Crippen molar-refractivity contribution in [3.05, 3.63) is 23.8 Å². The van der Waals surface area contributed by atoms with Gasteiger partial charge in [0.1, 0.15) is 0 Å². The van der Waals surface area contributed by atoms with Crippen LogP contribution in [0.2, 0.25) is 0 Å². The summed E-state index contributed by atoms with van der Waals surface area (Å²) in [5, 5.41) is 0. The van der Waals surface area contributed by atoms with Crippen molar-refractivity contribution in [1.82, 2.24) is 4.31 Å². The highest BCUT2D eigenvalue weighted by molar-refractivity contribution is 7.89. The Morgan fingerprint density at radius 3 is 2.55 bits per heavy atom. The number of anilines is 1. The van der Waals surface area contributed by atoms with Gasteiger partial charge in [-0.25, -0.2) is 12.7 Å². The molecule has 1 unspecified atom stereocenters. The van der Waals surface area contributed by atoms with E-state index in [2.05, 4.69) is 4.74 Å². The molecule has 0 aliphatic rings. The Labute approximate surface area is 119 Å². The summed E-state index contributed by atoms with van der Waals surface area (Å²) in [5.41, 5.74) is 6.91. The molecule has 0 saturated heterocycles. The third-order valence-corrected chi connectivity index (χ3v) is 4.90. The molecule has 1 aromatic rings. The fraction of sp³-hybridized carbons (Fsp3) is 0.462. The molecule has 0 aromatic heterocycles. The summed E-state index contributed by atoms with van der Waals surface area (Å²) in [6, 6.07) is 4.53. The molecule has 112 valence electrons. The van der Waals surface area contributed by atoms with E-state index in [1.807, 2.05) is 0 Å². The van der Waals surface area contributed by atoms with E-state index in [0.717, 1.165) is 4.31 Å². The summed E-state index contributed by atoms with van der Waals surface area (Å²) in [4.78, 5) is 11.5. The van der Waals surface area contributed by atoms with Crippen LogP contribution in [0.25, 0.3) is 0 Å². The Bertz CT molecular complexity index is 598. The van der Waals surface area contributed by atoms with Gasteiger partial charge in [0.25, 0.3) is 0 Å². The molecule has 0 aliphatic heterocycles. The zero-order chi connectivity index (χ0) is 15.5. The zero-order valence-corrected chi connectivity index (χ0v) is 12.9. The van der Waals surface area contributed by atoms with Crippen LogP contribution in [-0.2, 0) is 19.6 Å². The number of hydrogen-bond donors (Lipinski definition) is 1. The number of benzene rings is 1. The van der Waals surface area contributed by atoms with Gasteiger partial charge in [-0.1, -0.05) is 6.92 Å². The van der Waals surface area contributed by atoms with Gasteiger partial charge in [0, 0.05) is 19.3 Å². The standard InChI is InChI=1S/C13H20N2O4S/c1-9-7-11(5-6-12(9)14)20(17,18)15(3)8-10(2)13(16)19-4/h5-7,10H,8,14H2,1-4H3. The van der Waals surface area contributed by atoms with Gasteiger partial charge < -0.3 is 10.5 Å². The van der Waals surface area contributed by atoms with Crippen molar-refractivity contribution in [3.63, 3.8) is 0 Å². The molecule has 0 amide bonds. The number of carbonyl (C=O) groups is 1. The minimum Gasteiger partial charge on any atom is -0.469 e. The molecule has 0 saturated carbocycles. The highest BCUT2D eigenvalue weighted by atomic mass is 32.2. The second kappa shape index (κ2) is 6.23. The van der Waals surface area contributed by atoms with Gasteiger partial charge in [0.2, 0.25) is 10.0 Å². The van der Waals surface area contributed by atoms with Crippen molar-refractivity contribution in [2.75, 3.05) is 26.4 Å². The maximum Gasteiger partial charge on any atom is 0.309 e. The summed E-state index contributed by atoms with van der Waals surface area (Å²) in [5.74, 6) is -0.977. The summed E-state index contributed by atoms with van der Waals surface area (Å²) >= 11 is 0. The van der Waals surface area contributed by atoms with Crippen molar-refractivity contribution in [3.8, 4) is 0 Å². The molecule has 1 rings (SSSR count). The van der Waals surface area contributed by atoms with Crippen LogP contribution in [0.3, 0.4) is 0 Å². The number of rotatable bonds is 5. The molecule has 0 spiro atoms. The average Bonchev–Trinajstić information content (AvgIpc) is 2.40. The molecule has 0 heterocycles. The molecule has 0 fully saturated rings. The SMILES string of the molecule is COC(=O)C(C)CN(C)S(=O)(=O)c1ccc(N)c(C)c1. The average molecular weight is 300 g/mol. The Morgan fingerprint density at radius 1 is 1.45 bits per heavy atom. The number of nitrogens with two attached hydrogens (primary N) is 1. The summed E-state index contributed by atoms with van der Waals surface area (Å²) < 4.78 is 30.5. The van der Waals surface area contributed by atoms with E-state index in [9.17, 15) is 13.2 Å². The smallest absolute Gasteiger partial charge is 0.309 e. The largest absolute Gasteiger partial charge is 0.469 e. The number of esters is 1. The Kier molecular flexibility index (Phi) is 5.13. The molecule has 2 N–H and O–H groups in total. The zero-order valence-electron chi connectivity index (χ0n) is 12.1. The molecule has 20 heavy (non-hydrogen) atoms. The summed E-state index contributed by atoms with van der Waals surface area (Å²) in [6.45, 7) is 3.41. The van der Waals surface area contributed by atoms with Gasteiger partial charge in [-0.3, -0.25) is 4.79 Å². The van der Waals surface area contributed by atoms with Crippen LogP contribution in [0.5, 0.6) is 0 Å². The van der Waals surface area contributed by atoms with Crippen molar-refractivity contribution >= 4 is 21.7 Å². The Hall–Kier alpha value is -1.60. The third-order valence-electron chi connectivity index (χ3n) is 3.08. The van der Waals surface area contributed by atoms with Crippen molar-refractivity contribution in [2.24, 2.45) is 5.92 Å². The van der Waals surface area contributed by atoms with Crippen LogP contribution in [0.4, 0.5) is 5.69 Å². The lowest BCUT2D eigenvalue weighted by molar-refractivity contribution is -0.144. The number of aryl methyl sites for hydroxylation is 1. The van der Waals surface area contributed by atoms with Gasteiger partial charge in [0.15, 0.2) is 0 Å². The Morgan fingerprint density at radius 2 is 2.05 bits per heavy atom. The third kappa shape index (κ3) is 3.49. The molecule has 0 bridgehead atoms. The Balaban J connectivity index is 2.98. The van der Waals surface area contributed by atoms with Crippen molar-refractivity contribution < 1.29 is 17.9 Å². The van der Waals surface area contributed by atoms with Crippen LogP contribution in [0, 0.1) is 12.8 Å². The topological polar surface area (TPSA) is 89.7 Å². The fourth-order valence-electron chi connectivity index (χ4n) is 1.75. The first-order valence-corrected chi connectivity index (χ1v) is 7.54. The molecule has 7 heteroatoms.